The molecule has 0 radical (unpaired) electrons. The summed E-state index contributed by atoms with van der Waals surface area (Å²) in [5, 5.41) is 4.24. The first kappa shape index (κ1) is 22.3. The number of carbonyl (C=O) groups is 2. The molecule has 1 unspecified atom stereocenters. The minimum atomic E-state index is -0.976. The molecule has 0 aliphatic carbocycles. The maximum atomic E-state index is 13.3. The number of nitrogens with one attached hydrogen (secondary N) is 1. The van der Waals surface area contributed by atoms with Crippen molar-refractivity contribution in [3.8, 4) is 11.5 Å². The smallest absolute Gasteiger partial charge is 0.339 e. The average Bonchev–Trinajstić information content (AvgIpc) is 3.32. The molecule has 2 aromatic heterocycles. The maximum absolute atomic E-state index is 13.3. The highest BCUT2D eigenvalue weighted by atomic mass is 16.5. The number of fused-ring (bicyclic) bond motifs is 2. The van der Waals surface area contributed by atoms with Crippen LogP contribution < -0.4 is 5.32 Å². The summed E-state index contributed by atoms with van der Waals surface area (Å²) in [5.74, 6) is -0.177. The van der Waals surface area contributed by atoms with Gasteiger partial charge in [-0.05, 0) is 54.6 Å². The van der Waals surface area contributed by atoms with Crippen LogP contribution in [0.3, 0.4) is 0 Å². The fourth-order valence-electron chi connectivity index (χ4n) is 4.01. The number of pyridine rings is 1. The van der Waals surface area contributed by atoms with E-state index in [1.165, 1.54) is 0 Å². The predicted molar refractivity (Wildman–Crippen MR) is 134 cm³/mol. The number of amides is 1. The van der Waals surface area contributed by atoms with Crippen LogP contribution in [0, 0.1) is 6.92 Å². The van der Waals surface area contributed by atoms with Gasteiger partial charge in [0.1, 0.15) is 11.3 Å². The van der Waals surface area contributed by atoms with Gasteiger partial charge in [0.2, 0.25) is 5.89 Å². The van der Waals surface area contributed by atoms with Gasteiger partial charge in [-0.3, -0.25) is 4.79 Å². The monoisotopic (exact) mass is 465 g/mol. The molecule has 0 bridgehead atoms. The highest BCUT2D eigenvalue weighted by Crippen LogP contribution is 2.33. The number of anilines is 1. The van der Waals surface area contributed by atoms with E-state index in [0.717, 1.165) is 16.5 Å². The van der Waals surface area contributed by atoms with E-state index in [4.69, 9.17) is 9.15 Å². The largest absolute Gasteiger partial charge is 0.449 e. The number of nitrogens with zero attached hydrogens (tertiary/aromatic N) is 2. The molecule has 5 rings (SSSR count). The maximum Gasteiger partial charge on any atom is 0.339 e. The molecule has 1 amide bonds. The first-order valence-electron chi connectivity index (χ1n) is 11.4. The van der Waals surface area contributed by atoms with E-state index in [-0.39, 0.29) is 0 Å². The Hall–Kier alpha value is -4.52. The molecule has 1 atom stereocenters. The number of aromatic nitrogens is 2. The number of carbonyl (C=O) groups excluding carboxylic acids is 2. The van der Waals surface area contributed by atoms with Crippen LogP contribution in [0.1, 0.15) is 29.3 Å². The third kappa shape index (κ3) is 4.36. The molecule has 7 heteroatoms. The van der Waals surface area contributed by atoms with Crippen molar-refractivity contribution >= 4 is 39.6 Å². The van der Waals surface area contributed by atoms with E-state index < -0.39 is 18.0 Å². The third-order valence-corrected chi connectivity index (χ3v) is 5.81. The summed E-state index contributed by atoms with van der Waals surface area (Å²) in [5.41, 5.74) is 3.21. The van der Waals surface area contributed by atoms with E-state index >= 15 is 0 Å². The molecule has 0 saturated carbocycles. The van der Waals surface area contributed by atoms with Crippen molar-refractivity contribution in [1.29, 1.82) is 0 Å². The summed E-state index contributed by atoms with van der Waals surface area (Å²) in [6, 6.07) is 22.2. The lowest BCUT2D eigenvalue weighted by molar-refractivity contribution is -0.124. The number of oxazole rings is 1. The number of esters is 1. The summed E-state index contributed by atoms with van der Waals surface area (Å²) in [4.78, 5) is 35.0. The molecule has 3 aromatic carbocycles. The molecule has 0 saturated heterocycles. The highest BCUT2D eigenvalue weighted by Gasteiger charge is 2.25. The Balaban J connectivity index is 1.48. The highest BCUT2D eigenvalue weighted by molar-refractivity contribution is 6.10. The molecule has 2 heterocycles. The van der Waals surface area contributed by atoms with E-state index in [0.29, 0.717) is 40.2 Å². The zero-order valence-corrected chi connectivity index (χ0v) is 19.3. The van der Waals surface area contributed by atoms with Crippen LogP contribution in [0.4, 0.5) is 5.82 Å². The van der Waals surface area contributed by atoms with Crippen LogP contribution in [0.15, 0.2) is 83.4 Å². The zero-order valence-electron chi connectivity index (χ0n) is 19.3. The third-order valence-electron chi connectivity index (χ3n) is 5.81. The van der Waals surface area contributed by atoms with Crippen LogP contribution in [-0.4, -0.2) is 27.9 Å². The second-order valence-corrected chi connectivity index (χ2v) is 8.16. The number of aryl methyl sites for hydroxylation is 1. The van der Waals surface area contributed by atoms with E-state index in [1.807, 2.05) is 61.5 Å². The van der Waals surface area contributed by atoms with Crippen LogP contribution >= 0.6 is 0 Å². The van der Waals surface area contributed by atoms with Crippen molar-refractivity contribution in [1.82, 2.24) is 9.97 Å². The van der Waals surface area contributed by atoms with Crippen molar-refractivity contribution in [2.75, 3.05) is 5.32 Å². The normalized spacial score (nSPS) is 11.9. The van der Waals surface area contributed by atoms with Gasteiger partial charge in [-0.2, -0.15) is 0 Å². The lowest BCUT2D eigenvalue weighted by Gasteiger charge is -2.17. The molecule has 7 nitrogen and oxygen atoms in total. The summed E-state index contributed by atoms with van der Waals surface area (Å²) < 4.78 is 11.7. The zero-order chi connectivity index (χ0) is 24.4. The van der Waals surface area contributed by atoms with Crippen molar-refractivity contribution in [2.45, 2.75) is 26.4 Å². The van der Waals surface area contributed by atoms with Gasteiger partial charge in [0.15, 0.2) is 11.7 Å². The number of benzene rings is 3. The van der Waals surface area contributed by atoms with Crippen LogP contribution in [-0.2, 0) is 9.53 Å². The molecule has 0 spiro atoms. The van der Waals surface area contributed by atoms with E-state index in [1.54, 1.807) is 31.3 Å². The Morgan fingerprint density at radius 3 is 2.57 bits per heavy atom. The molecular weight excluding hydrogens is 442 g/mol. The van der Waals surface area contributed by atoms with Gasteiger partial charge in [-0.15, -0.1) is 0 Å². The number of hydrogen-bond donors (Lipinski definition) is 1. The van der Waals surface area contributed by atoms with E-state index in [2.05, 4.69) is 15.3 Å². The Labute approximate surface area is 201 Å². The van der Waals surface area contributed by atoms with Crippen LogP contribution in [0.2, 0.25) is 0 Å². The lowest BCUT2D eigenvalue weighted by Crippen LogP contribution is -2.32. The van der Waals surface area contributed by atoms with Gasteiger partial charge >= 0.3 is 5.97 Å². The number of ether oxygens (including phenoxy) is 1. The van der Waals surface area contributed by atoms with Crippen molar-refractivity contribution in [3.05, 3.63) is 90.1 Å². The molecule has 174 valence electrons. The second kappa shape index (κ2) is 9.38. The van der Waals surface area contributed by atoms with Crippen molar-refractivity contribution < 1.29 is 18.7 Å². The summed E-state index contributed by atoms with van der Waals surface area (Å²) >= 11 is 0. The van der Waals surface area contributed by atoms with Gasteiger partial charge in [-0.25, -0.2) is 14.8 Å². The Bertz CT molecular complexity index is 1520. The van der Waals surface area contributed by atoms with Gasteiger partial charge in [0.25, 0.3) is 5.91 Å². The summed E-state index contributed by atoms with van der Waals surface area (Å²) in [6.07, 6.45) is 0.932. The molecule has 0 aliphatic heterocycles. The first-order chi connectivity index (χ1) is 17.0. The molecule has 35 heavy (non-hydrogen) atoms. The molecular formula is C28H23N3O4. The SMILES string of the molecule is CCC(OC(=O)c1cccc2cccc(-c3nc4ccccc4o3)c12)C(=O)Nc1ncccc1C. The first-order valence-corrected chi connectivity index (χ1v) is 11.4. The predicted octanol–water partition coefficient (Wildman–Crippen LogP) is 5.93. The molecule has 1 N–H and O–H groups in total. The minimum Gasteiger partial charge on any atom is -0.449 e. The Morgan fingerprint density at radius 2 is 1.80 bits per heavy atom. The van der Waals surface area contributed by atoms with Gasteiger partial charge in [0.05, 0.1) is 5.56 Å². The molecule has 0 aliphatic rings. The summed E-state index contributed by atoms with van der Waals surface area (Å²) in [7, 11) is 0. The lowest BCUT2D eigenvalue weighted by atomic mass is 9.99. The van der Waals surface area contributed by atoms with Crippen molar-refractivity contribution in [3.63, 3.8) is 0 Å². The number of para-hydroxylation sites is 2. The second-order valence-electron chi connectivity index (χ2n) is 8.16. The quantitative estimate of drug-likeness (QED) is 0.313. The Kier molecular flexibility index (Phi) is 5.97. The fraction of sp³-hybridized carbons (Fsp3) is 0.143. The standard InChI is InChI=1S/C28H23N3O4/c1-3-22(26(32)31-25-17(2)9-8-16-29-25)35-28(33)20-13-7-11-18-10-6-12-19(24(18)20)27-30-21-14-4-5-15-23(21)34-27/h4-16,22H,3H2,1-2H3,(H,29,31,32). The summed E-state index contributed by atoms with van der Waals surface area (Å²) in [6.45, 7) is 3.63. The van der Waals surface area contributed by atoms with E-state index in [9.17, 15) is 9.59 Å². The number of hydrogen-bond acceptors (Lipinski definition) is 6. The fourth-order valence-corrected chi connectivity index (χ4v) is 4.01. The minimum absolute atomic E-state index is 0.312. The number of rotatable bonds is 6. The topological polar surface area (TPSA) is 94.3 Å². The van der Waals surface area contributed by atoms with Crippen LogP contribution in [0.25, 0.3) is 33.3 Å². The van der Waals surface area contributed by atoms with Gasteiger partial charge in [-0.1, -0.05) is 49.4 Å². The van der Waals surface area contributed by atoms with Crippen LogP contribution in [0.5, 0.6) is 0 Å². The van der Waals surface area contributed by atoms with Gasteiger partial charge < -0.3 is 14.5 Å². The molecule has 0 fully saturated rings. The average molecular weight is 466 g/mol. The van der Waals surface area contributed by atoms with Crippen molar-refractivity contribution in [2.24, 2.45) is 0 Å². The van der Waals surface area contributed by atoms with Gasteiger partial charge in [0, 0.05) is 17.1 Å². The molecule has 5 aromatic rings. The Morgan fingerprint density at radius 1 is 1.00 bits per heavy atom.